The maximum Gasteiger partial charge on any atom is 0.227 e. The Hall–Kier alpha value is -1.50. The fourth-order valence-electron chi connectivity index (χ4n) is 3.99. The van der Waals surface area contributed by atoms with Crippen molar-refractivity contribution in [1.82, 2.24) is 20.1 Å². The molecule has 1 atom stereocenters. The fraction of sp³-hybridized carbons (Fsp3) is 0.700. The van der Waals surface area contributed by atoms with Crippen molar-refractivity contribution in [2.24, 2.45) is 11.8 Å². The van der Waals surface area contributed by atoms with Gasteiger partial charge in [0, 0.05) is 45.7 Å². The van der Waals surface area contributed by atoms with E-state index in [9.17, 15) is 4.79 Å². The van der Waals surface area contributed by atoms with E-state index in [4.69, 9.17) is 4.74 Å². The highest BCUT2D eigenvalue weighted by atomic mass is 16.5. The SMILES string of the molecule is COCCN1CCC(CN(Cc2ccncc2)C(=O)C2CCNC2)CC1. The van der Waals surface area contributed by atoms with Gasteiger partial charge < -0.3 is 19.9 Å². The Morgan fingerprint density at radius 2 is 2.08 bits per heavy atom. The lowest BCUT2D eigenvalue weighted by molar-refractivity contribution is -0.136. The molecular formula is C20H32N4O2. The second kappa shape index (κ2) is 10.00. The summed E-state index contributed by atoms with van der Waals surface area (Å²) >= 11 is 0. The smallest absolute Gasteiger partial charge is 0.227 e. The van der Waals surface area contributed by atoms with Gasteiger partial charge in [-0.1, -0.05) is 0 Å². The molecule has 2 aliphatic heterocycles. The van der Waals surface area contributed by atoms with E-state index < -0.39 is 0 Å². The molecule has 6 heteroatoms. The minimum absolute atomic E-state index is 0.138. The summed E-state index contributed by atoms with van der Waals surface area (Å²) < 4.78 is 5.19. The molecule has 1 aromatic heterocycles. The number of likely N-dealkylation sites (tertiary alicyclic amines) is 1. The van der Waals surface area contributed by atoms with Crippen molar-refractivity contribution in [3.8, 4) is 0 Å². The number of nitrogens with zero attached hydrogens (tertiary/aromatic N) is 3. The van der Waals surface area contributed by atoms with E-state index in [0.29, 0.717) is 18.4 Å². The molecule has 3 rings (SSSR count). The summed E-state index contributed by atoms with van der Waals surface area (Å²) in [4.78, 5) is 21.7. The van der Waals surface area contributed by atoms with Crippen molar-refractivity contribution in [2.45, 2.75) is 25.8 Å². The Bertz CT molecular complexity index is 540. The summed E-state index contributed by atoms with van der Waals surface area (Å²) in [6.45, 7) is 7.37. The zero-order valence-corrected chi connectivity index (χ0v) is 15.9. The van der Waals surface area contributed by atoms with E-state index in [-0.39, 0.29) is 5.92 Å². The molecule has 0 saturated carbocycles. The van der Waals surface area contributed by atoms with Crippen molar-refractivity contribution >= 4 is 5.91 Å². The molecule has 0 spiro atoms. The molecule has 0 aromatic carbocycles. The van der Waals surface area contributed by atoms with Crippen molar-refractivity contribution in [1.29, 1.82) is 0 Å². The molecule has 1 N–H and O–H groups in total. The molecule has 2 fully saturated rings. The van der Waals surface area contributed by atoms with Gasteiger partial charge in [-0.2, -0.15) is 0 Å². The first-order valence-corrected chi connectivity index (χ1v) is 9.86. The van der Waals surface area contributed by atoms with Crippen LogP contribution in [-0.2, 0) is 16.1 Å². The van der Waals surface area contributed by atoms with Gasteiger partial charge in [-0.15, -0.1) is 0 Å². The predicted octanol–water partition coefficient (Wildman–Crippen LogP) is 1.38. The molecular weight excluding hydrogens is 328 g/mol. The van der Waals surface area contributed by atoms with Gasteiger partial charge in [0.1, 0.15) is 0 Å². The van der Waals surface area contributed by atoms with Gasteiger partial charge in [-0.3, -0.25) is 9.78 Å². The van der Waals surface area contributed by atoms with Crippen LogP contribution in [0.4, 0.5) is 0 Å². The minimum Gasteiger partial charge on any atom is -0.383 e. The fourth-order valence-corrected chi connectivity index (χ4v) is 3.99. The lowest BCUT2D eigenvalue weighted by atomic mass is 9.95. The average Bonchev–Trinajstić information content (AvgIpc) is 3.22. The third-order valence-electron chi connectivity index (χ3n) is 5.64. The van der Waals surface area contributed by atoms with Crippen molar-refractivity contribution in [2.75, 3.05) is 53.0 Å². The van der Waals surface area contributed by atoms with Crippen LogP contribution in [0, 0.1) is 11.8 Å². The van der Waals surface area contributed by atoms with E-state index in [0.717, 1.165) is 70.7 Å². The molecule has 1 aromatic rings. The van der Waals surface area contributed by atoms with Crippen LogP contribution in [0.3, 0.4) is 0 Å². The number of nitrogens with one attached hydrogen (secondary N) is 1. The maximum absolute atomic E-state index is 13.1. The number of aromatic nitrogens is 1. The minimum atomic E-state index is 0.138. The molecule has 2 aliphatic rings. The summed E-state index contributed by atoms with van der Waals surface area (Å²) in [6, 6.07) is 4.03. The zero-order chi connectivity index (χ0) is 18.2. The molecule has 0 radical (unpaired) electrons. The summed E-state index contributed by atoms with van der Waals surface area (Å²) in [5, 5.41) is 3.32. The Morgan fingerprint density at radius 1 is 1.31 bits per heavy atom. The summed E-state index contributed by atoms with van der Waals surface area (Å²) in [6.07, 6.45) is 6.90. The molecule has 2 saturated heterocycles. The average molecular weight is 361 g/mol. The monoisotopic (exact) mass is 360 g/mol. The van der Waals surface area contributed by atoms with Crippen LogP contribution in [0.25, 0.3) is 0 Å². The van der Waals surface area contributed by atoms with Crippen LogP contribution in [-0.4, -0.2) is 73.7 Å². The zero-order valence-electron chi connectivity index (χ0n) is 15.9. The molecule has 0 aliphatic carbocycles. The largest absolute Gasteiger partial charge is 0.383 e. The first-order chi connectivity index (χ1) is 12.8. The number of methoxy groups -OCH3 is 1. The first kappa shape index (κ1) is 19.3. The number of hydrogen-bond donors (Lipinski definition) is 1. The van der Waals surface area contributed by atoms with Gasteiger partial charge in [-0.05, 0) is 62.5 Å². The first-order valence-electron chi connectivity index (χ1n) is 9.86. The van der Waals surface area contributed by atoms with Crippen molar-refractivity contribution < 1.29 is 9.53 Å². The molecule has 0 bridgehead atoms. The molecule has 1 unspecified atom stereocenters. The van der Waals surface area contributed by atoms with Crippen LogP contribution in [0.1, 0.15) is 24.8 Å². The number of carbonyl (C=O) groups is 1. The molecule has 26 heavy (non-hydrogen) atoms. The van der Waals surface area contributed by atoms with Crippen LogP contribution in [0.5, 0.6) is 0 Å². The highest BCUT2D eigenvalue weighted by Crippen LogP contribution is 2.22. The number of carbonyl (C=O) groups excluding carboxylic acids is 1. The highest BCUT2D eigenvalue weighted by Gasteiger charge is 2.29. The van der Waals surface area contributed by atoms with Crippen LogP contribution < -0.4 is 5.32 Å². The van der Waals surface area contributed by atoms with Gasteiger partial charge in [0.15, 0.2) is 0 Å². The lowest BCUT2D eigenvalue weighted by Gasteiger charge is -2.35. The van der Waals surface area contributed by atoms with E-state index in [1.165, 1.54) is 0 Å². The van der Waals surface area contributed by atoms with Crippen LogP contribution in [0.15, 0.2) is 24.5 Å². The standard InChI is InChI=1S/C20H32N4O2/c1-26-13-12-23-10-5-18(6-11-23)16-24(15-17-2-7-21-8-3-17)20(25)19-4-9-22-14-19/h2-3,7-8,18-19,22H,4-6,9-16H2,1H3. The molecule has 144 valence electrons. The summed E-state index contributed by atoms with van der Waals surface area (Å²) in [5.41, 5.74) is 1.16. The molecule has 1 amide bonds. The van der Waals surface area contributed by atoms with Gasteiger partial charge in [0.25, 0.3) is 0 Å². The van der Waals surface area contributed by atoms with Crippen LogP contribution >= 0.6 is 0 Å². The van der Waals surface area contributed by atoms with E-state index >= 15 is 0 Å². The number of rotatable bonds is 8. The Labute approximate surface area is 156 Å². The summed E-state index contributed by atoms with van der Waals surface area (Å²) in [7, 11) is 1.76. The van der Waals surface area contributed by atoms with Gasteiger partial charge in [0.2, 0.25) is 5.91 Å². The summed E-state index contributed by atoms with van der Waals surface area (Å²) in [5.74, 6) is 1.04. The third-order valence-corrected chi connectivity index (χ3v) is 5.64. The van der Waals surface area contributed by atoms with Gasteiger partial charge in [0.05, 0.1) is 12.5 Å². The van der Waals surface area contributed by atoms with E-state index in [1.807, 2.05) is 24.5 Å². The number of amides is 1. The van der Waals surface area contributed by atoms with Gasteiger partial charge in [-0.25, -0.2) is 0 Å². The maximum atomic E-state index is 13.1. The number of hydrogen-bond acceptors (Lipinski definition) is 5. The van der Waals surface area contributed by atoms with Gasteiger partial charge >= 0.3 is 0 Å². The van der Waals surface area contributed by atoms with E-state index in [2.05, 4.69) is 20.1 Å². The lowest BCUT2D eigenvalue weighted by Crippen LogP contribution is -2.43. The number of pyridine rings is 1. The quantitative estimate of drug-likeness (QED) is 0.759. The molecule has 6 nitrogen and oxygen atoms in total. The number of piperidine rings is 1. The second-order valence-electron chi connectivity index (χ2n) is 7.54. The van der Waals surface area contributed by atoms with Crippen molar-refractivity contribution in [3.05, 3.63) is 30.1 Å². The normalized spacial score (nSPS) is 21.8. The highest BCUT2D eigenvalue weighted by molar-refractivity contribution is 5.79. The van der Waals surface area contributed by atoms with Crippen LogP contribution in [0.2, 0.25) is 0 Å². The molecule has 3 heterocycles. The second-order valence-corrected chi connectivity index (χ2v) is 7.54. The van der Waals surface area contributed by atoms with E-state index in [1.54, 1.807) is 7.11 Å². The third kappa shape index (κ3) is 5.50. The number of ether oxygens (including phenoxy) is 1. The van der Waals surface area contributed by atoms with Crippen molar-refractivity contribution in [3.63, 3.8) is 0 Å². The Kier molecular flexibility index (Phi) is 7.41. The predicted molar refractivity (Wildman–Crippen MR) is 102 cm³/mol. The topological polar surface area (TPSA) is 57.7 Å². The Morgan fingerprint density at radius 3 is 2.73 bits per heavy atom. The Balaban J connectivity index is 1.57.